The molecule has 35 heavy (non-hydrogen) atoms. The average molecular weight is 477 g/mol. The molecular formula is C28H40N6O. The summed E-state index contributed by atoms with van der Waals surface area (Å²) in [5.41, 5.74) is 3.07. The number of hydrogen-bond donors (Lipinski definition) is 1. The van der Waals surface area contributed by atoms with Crippen LogP contribution in [-0.4, -0.2) is 36.1 Å². The Hall–Kier alpha value is -2.54. The number of rotatable bonds is 9. The predicted molar refractivity (Wildman–Crippen MR) is 139 cm³/mol. The van der Waals surface area contributed by atoms with Crippen LogP contribution < -0.4 is 5.56 Å². The van der Waals surface area contributed by atoms with Crippen molar-refractivity contribution in [1.29, 1.82) is 0 Å². The second-order valence-corrected chi connectivity index (χ2v) is 10.6. The molecule has 0 aliphatic heterocycles. The molecule has 188 valence electrons. The zero-order valence-electron chi connectivity index (χ0n) is 21.4. The van der Waals surface area contributed by atoms with Crippen molar-refractivity contribution in [3.05, 3.63) is 51.6 Å². The van der Waals surface area contributed by atoms with Crippen molar-refractivity contribution in [3.63, 3.8) is 0 Å². The standard InChI is InChI=1S/C28H40N6O/c1-3-10-26(27-30-31-32-34(27)24-13-6-5-7-14-24)33(23-11-8-9-12-23)19-22-18-21-17-20(4-2)15-16-25(21)29-28(22)35/h15-18,23-24,26H,3-14,19H2,1-2H3,(H,29,35)/t26-/m1/s1. The van der Waals surface area contributed by atoms with E-state index in [0.717, 1.165) is 54.4 Å². The van der Waals surface area contributed by atoms with E-state index in [2.05, 4.69) is 62.1 Å². The molecule has 5 rings (SSSR count). The zero-order chi connectivity index (χ0) is 24.2. The molecule has 3 aromatic rings. The van der Waals surface area contributed by atoms with Crippen LogP contribution in [0.4, 0.5) is 0 Å². The summed E-state index contributed by atoms with van der Waals surface area (Å²) in [6.07, 6.45) is 14.0. The van der Waals surface area contributed by atoms with Gasteiger partial charge < -0.3 is 4.98 Å². The maximum atomic E-state index is 13.2. The molecule has 0 bridgehead atoms. The topological polar surface area (TPSA) is 79.7 Å². The summed E-state index contributed by atoms with van der Waals surface area (Å²) in [5, 5.41) is 14.4. The highest BCUT2D eigenvalue weighted by Crippen LogP contribution is 2.36. The first-order valence-electron chi connectivity index (χ1n) is 13.9. The van der Waals surface area contributed by atoms with Crippen molar-refractivity contribution < 1.29 is 0 Å². The van der Waals surface area contributed by atoms with Crippen LogP contribution in [0.1, 0.15) is 114 Å². The van der Waals surface area contributed by atoms with Crippen molar-refractivity contribution in [2.24, 2.45) is 0 Å². The molecule has 1 N–H and O–H groups in total. The molecule has 7 heteroatoms. The van der Waals surface area contributed by atoms with Crippen LogP contribution in [0.3, 0.4) is 0 Å². The quantitative estimate of drug-likeness (QED) is 0.418. The van der Waals surface area contributed by atoms with Gasteiger partial charge in [-0.3, -0.25) is 9.69 Å². The van der Waals surface area contributed by atoms with Gasteiger partial charge in [0.15, 0.2) is 5.82 Å². The van der Waals surface area contributed by atoms with Gasteiger partial charge in [0.05, 0.1) is 12.1 Å². The number of benzene rings is 1. The van der Waals surface area contributed by atoms with Gasteiger partial charge in [0, 0.05) is 23.7 Å². The minimum Gasteiger partial charge on any atom is -0.322 e. The predicted octanol–water partition coefficient (Wildman–Crippen LogP) is 5.87. The molecule has 0 saturated heterocycles. The highest BCUT2D eigenvalue weighted by Gasteiger charge is 2.34. The van der Waals surface area contributed by atoms with Crippen LogP contribution in [0.5, 0.6) is 0 Å². The van der Waals surface area contributed by atoms with Crippen LogP contribution in [0, 0.1) is 0 Å². The first-order chi connectivity index (χ1) is 17.2. The fourth-order valence-electron chi connectivity index (χ4n) is 6.29. The zero-order valence-corrected chi connectivity index (χ0v) is 21.4. The van der Waals surface area contributed by atoms with E-state index < -0.39 is 0 Å². The summed E-state index contributed by atoms with van der Waals surface area (Å²) in [5.74, 6) is 0.996. The summed E-state index contributed by atoms with van der Waals surface area (Å²) in [4.78, 5) is 18.9. The monoisotopic (exact) mass is 476 g/mol. The van der Waals surface area contributed by atoms with Crippen LogP contribution in [0.15, 0.2) is 29.1 Å². The molecule has 1 aromatic carbocycles. The number of aromatic amines is 1. The van der Waals surface area contributed by atoms with Crippen molar-refractivity contribution >= 4 is 10.9 Å². The highest BCUT2D eigenvalue weighted by molar-refractivity contribution is 5.79. The number of pyridine rings is 1. The molecule has 2 saturated carbocycles. The number of aryl methyl sites for hydroxylation is 1. The molecular weight excluding hydrogens is 436 g/mol. The van der Waals surface area contributed by atoms with Gasteiger partial charge >= 0.3 is 0 Å². The third-order valence-electron chi connectivity index (χ3n) is 8.24. The molecule has 0 amide bonds. The lowest BCUT2D eigenvalue weighted by Gasteiger charge is -2.36. The number of tetrazole rings is 1. The maximum absolute atomic E-state index is 13.2. The molecule has 2 aliphatic carbocycles. The maximum Gasteiger partial charge on any atom is 0.252 e. The number of aromatic nitrogens is 5. The number of H-pyrrole nitrogens is 1. The van der Waals surface area contributed by atoms with Crippen LogP contribution in [-0.2, 0) is 13.0 Å². The van der Waals surface area contributed by atoms with Crippen LogP contribution in [0.2, 0.25) is 0 Å². The van der Waals surface area contributed by atoms with Crippen LogP contribution >= 0.6 is 0 Å². The number of fused-ring (bicyclic) bond motifs is 1. The number of nitrogens with zero attached hydrogens (tertiary/aromatic N) is 5. The molecule has 0 spiro atoms. The van der Waals surface area contributed by atoms with E-state index in [-0.39, 0.29) is 11.6 Å². The summed E-state index contributed by atoms with van der Waals surface area (Å²) < 4.78 is 2.14. The lowest BCUT2D eigenvalue weighted by Crippen LogP contribution is -2.39. The van der Waals surface area contributed by atoms with Gasteiger partial charge in [-0.15, -0.1) is 5.10 Å². The fourth-order valence-corrected chi connectivity index (χ4v) is 6.29. The van der Waals surface area contributed by atoms with Crippen molar-refractivity contribution in [2.45, 2.75) is 116 Å². The largest absolute Gasteiger partial charge is 0.322 e. The van der Waals surface area contributed by atoms with Gasteiger partial charge in [0.2, 0.25) is 0 Å². The number of hydrogen-bond acceptors (Lipinski definition) is 5. The summed E-state index contributed by atoms with van der Waals surface area (Å²) >= 11 is 0. The molecule has 2 aromatic heterocycles. The Bertz CT molecular complexity index is 1170. The minimum absolute atomic E-state index is 0.0202. The summed E-state index contributed by atoms with van der Waals surface area (Å²) in [6.45, 7) is 5.04. The van der Waals surface area contributed by atoms with Gasteiger partial charge in [0.1, 0.15) is 0 Å². The van der Waals surface area contributed by atoms with E-state index >= 15 is 0 Å². The lowest BCUT2D eigenvalue weighted by molar-refractivity contribution is 0.105. The Morgan fingerprint density at radius 1 is 1.06 bits per heavy atom. The Balaban J connectivity index is 1.52. The molecule has 0 radical (unpaired) electrons. The van der Waals surface area contributed by atoms with Gasteiger partial charge in [-0.2, -0.15) is 0 Å². The van der Waals surface area contributed by atoms with Crippen molar-refractivity contribution in [3.8, 4) is 0 Å². The fraction of sp³-hybridized carbons (Fsp3) is 0.643. The third-order valence-corrected chi connectivity index (χ3v) is 8.24. The van der Waals surface area contributed by atoms with E-state index in [0.29, 0.717) is 18.6 Å². The van der Waals surface area contributed by atoms with E-state index in [1.807, 2.05) is 6.07 Å². The first-order valence-corrected chi connectivity index (χ1v) is 13.9. The Kier molecular flexibility index (Phi) is 7.61. The smallest absolute Gasteiger partial charge is 0.252 e. The molecule has 7 nitrogen and oxygen atoms in total. The van der Waals surface area contributed by atoms with Crippen LogP contribution in [0.25, 0.3) is 10.9 Å². The summed E-state index contributed by atoms with van der Waals surface area (Å²) in [7, 11) is 0. The van der Waals surface area contributed by atoms with E-state index in [1.165, 1.54) is 50.5 Å². The van der Waals surface area contributed by atoms with E-state index in [1.54, 1.807) is 0 Å². The first kappa shape index (κ1) is 24.2. The molecule has 2 heterocycles. The highest BCUT2D eigenvalue weighted by atomic mass is 16.1. The molecule has 2 aliphatic rings. The Morgan fingerprint density at radius 2 is 1.83 bits per heavy atom. The van der Waals surface area contributed by atoms with Gasteiger partial charge in [0.25, 0.3) is 5.56 Å². The second-order valence-electron chi connectivity index (χ2n) is 10.6. The van der Waals surface area contributed by atoms with E-state index in [9.17, 15) is 4.79 Å². The van der Waals surface area contributed by atoms with Gasteiger partial charge in [-0.05, 0) is 78.1 Å². The molecule has 2 fully saturated rings. The van der Waals surface area contributed by atoms with E-state index in [4.69, 9.17) is 0 Å². The van der Waals surface area contributed by atoms with Gasteiger partial charge in [-0.1, -0.05) is 58.4 Å². The van der Waals surface area contributed by atoms with Crippen molar-refractivity contribution in [1.82, 2.24) is 30.1 Å². The summed E-state index contributed by atoms with van der Waals surface area (Å²) in [6, 6.07) is 9.44. The Morgan fingerprint density at radius 3 is 2.57 bits per heavy atom. The normalized spacial score (nSPS) is 18.6. The molecule has 1 atom stereocenters. The van der Waals surface area contributed by atoms with Crippen molar-refractivity contribution in [2.75, 3.05) is 0 Å². The van der Waals surface area contributed by atoms with Gasteiger partial charge in [-0.25, -0.2) is 4.68 Å². The minimum atomic E-state index is 0.0202. The average Bonchev–Trinajstić information content (AvgIpc) is 3.59. The number of nitrogens with one attached hydrogen (secondary N) is 1. The third kappa shape index (κ3) is 5.20. The Labute approximate surface area is 208 Å². The second kappa shape index (κ2) is 11.0. The lowest BCUT2D eigenvalue weighted by atomic mass is 9.95. The SMILES string of the molecule is CCC[C@H](c1nnnn1C1CCCCC1)N(Cc1cc2cc(CC)ccc2[nH]c1=O)C1CCCC1. The molecule has 0 unspecified atom stereocenters.